The smallest absolute Gasteiger partial charge is 0.339 e. The van der Waals surface area contributed by atoms with Gasteiger partial charge in [0, 0.05) is 25.5 Å². The van der Waals surface area contributed by atoms with Crippen molar-refractivity contribution in [2.45, 2.75) is 19.3 Å². The molecule has 2 rings (SSSR count). The van der Waals surface area contributed by atoms with Gasteiger partial charge in [-0.1, -0.05) is 6.42 Å². The number of aromatic nitrogens is 1. The molecule has 1 fully saturated rings. The average Bonchev–Trinajstić information content (AvgIpc) is 2.84. The van der Waals surface area contributed by atoms with Crippen molar-refractivity contribution in [3.63, 3.8) is 0 Å². The molecule has 1 aliphatic carbocycles. The first-order chi connectivity index (χ1) is 8.72. The minimum Gasteiger partial charge on any atom is -0.478 e. The van der Waals surface area contributed by atoms with E-state index in [4.69, 9.17) is 5.11 Å². The summed E-state index contributed by atoms with van der Waals surface area (Å²) in [6, 6.07) is 1.67. The lowest BCUT2D eigenvalue weighted by Crippen LogP contribution is -2.21. The van der Waals surface area contributed by atoms with Gasteiger partial charge in [0.1, 0.15) is 5.56 Å². The predicted octanol–water partition coefficient (Wildman–Crippen LogP) is 1.60. The first-order valence-electron chi connectivity index (χ1n) is 6.24. The van der Waals surface area contributed by atoms with Crippen LogP contribution in [0.2, 0.25) is 0 Å². The van der Waals surface area contributed by atoms with Crippen LogP contribution in [0.5, 0.6) is 0 Å². The Balaban J connectivity index is 2.00. The Kier molecular flexibility index (Phi) is 4.15. The van der Waals surface area contributed by atoms with E-state index in [0.29, 0.717) is 24.1 Å². The molecular formula is C13H18N2O3. The molecule has 0 radical (unpaired) electrons. The van der Waals surface area contributed by atoms with Crippen LogP contribution in [0.4, 0.5) is 5.69 Å². The Labute approximate surface area is 106 Å². The van der Waals surface area contributed by atoms with E-state index < -0.39 is 5.97 Å². The lowest BCUT2D eigenvalue weighted by Gasteiger charge is -2.19. The van der Waals surface area contributed by atoms with Crippen molar-refractivity contribution < 1.29 is 15.0 Å². The van der Waals surface area contributed by atoms with E-state index in [-0.39, 0.29) is 12.2 Å². The minimum absolute atomic E-state index is 0.191. The zero-order valence-corrected chi connectivity index (χ0v) is 10.2. The molecule has 98 valence electrons. The highest BCUT2D eigenvalue weighted by atomic mass is 16.4. The van der Waals surface area contributed by atoms with E-state index in [0.717, 1.165) is 19.3 Å². The number of pyridine rings is 1. The third-order valence-corrected chi connectivity index (χ3v) is 3.66. The largest absolute Gasteiger partial charge is 0.478 e. The van der Waals surface area contributed by atoms with Gasteiger partial charge in [-0.05, 0) is 30.7 Å². The Morgan fingerprint density at radius 2 is 2.22 bits per heavy atom. The van der Waals surface area contributed by atoms with Gasteiger partial charge in [-0.3, -0.25) is 4.98 Å². The summed E-state index contributed by atoms with van der Waals surface area (Å²) >= 11 is 0. The second-order valence-electron chi connectivity index (χ2n) is 4.74. The molecule has 0 spiro atoms. The van der Waals surface area contributed by atoms with Crippen LogP contribution in [-0.4, -0.2) is 34.3 Å². The molecule has 0 saturated heterocycles. The SMILES string of the molecule is O=C(O)c1cnccc1NCC1CCCC1CO. The molecule has 1 aromatic rings. The molecule has 0 amide bonds. The normalized spacial score (nSPS) is 22.9. The summed E-state index contributed by atoms with van der Waals surface area (Å²) in [7, 11) is 0. The van der Waals surface area contributed by atoms with Gasteiger partial charge in [0.15, 0.2) is 0 Å². The number of nitrogens with zero attached hydrogens (tertiary/aromatic N) is 1. The highest BCUT2D eigenvalue weighted by Gasteiger charge is 2.26. The van der Waals surface area contributed by atoms with Gasteiger partial charge in [0.2, 0.25) is 0 Å². The molecule has 3 N–H and O–H groups in total. The number of carboxylic acids is 1. The van der Waals surface area contributed by atoms with Crippen LogP contribution in [0.3, 0.4) is 0 Å². The number of aliphatic hydroxyl groups excluding tert-OH is 1. The third-order valence-electron chi connectivity index (χ3n) is 3.66. The summed E-state index contributed by atoms with van der Waals surface area (Å²) in [5.41, 5.74) is 0.789. The summed E-state index contributed by atoms with van der Waals surface area (Å²) in [4.78, 5) is 14.8. The molecule has 1 saturated carbocycles. The molecule has 0 aliphatic heterocycles. The number of aliphatic hydroxyl groups is 1. The fourth-order valence-electron chi connectivity index (χ4n) is 2.58. The van der Waals surface area contributed by atoms with E-state index in [9.17, 15) is 9.90 Å². The number of carbonyl (C=O) groups is 1. The first-order valence-corrected chi connectivity index (χ1v) is 6.24. The quantitative estimate of drug-likeness (QED) is 0.739. The zero-order chi connectivity index (χ0) is 13.0. The van der Waals surface area contributed by atoms with Crippen molar-refractivity contribution in [3.05, 3.63) is 24.0 Å². The molecule has 1 heterocycles. The maximum absolute atomic E-state index is 11.0. The van der Waals surface area contributed by atoms with Crippen LogP contribution in [-0.2, 0) is 0 Å². The second-order valence-corrected chi connectivity index (χ2v) is 4.74. The highest BCUT2D eigenvalue weighted by Crippen LogP contribution is 2.31. The summed E-state index contributed by atoms with van der Waals surface area (Å²) in [5, 5.41) is 21.4. The number of carboxylic acid groups (broad SMARTS) is 1. The maximum Gasteiger partial charge on any atom is 0.339 e. The van der Waals surface area contributed by atoms with Gasteiger partial charge in [-0.25, -0.2) is 4.79 Å². The summed E-state index contributed by atoms with van der Waals surface area (Å²) in [5.74, 6) is -0.215. The van der Waals surface area contributed by atoms with Crippen molar-refractivity contribution in [3.8, 4) is 0 Å². The lowest BCUT2D eigenvalue weighted by atomic mass is 9.97. The molecule has 5 nitrogen and oxygen atoms in total. The Hall–Kier alpha value is -1.62. The molecule has 0 bridgehead atoms. The monoisotopic (exact) mass is 250 g/mol. The highest BCUT2D eigenvalue weighted by molar-refractivity contribution is 5.93. The van der Waals surface area contributed by atoms with Gasteiger partial charge in [-0.2, -0.15) is 0 Å². The third kappa shape index (κ3) is 2.79. The second kappa shape index (κ2) is 5.82. The van der Waals surface area contributed by atoms with E-state index in [1.807, 2.05) is 0 Å². The van der Waals surface area contributed by atoms with Crippen LogP contribution in [0.15, 0.2) is 18.5 Å². The van der Waals surface area contributed by atoms with Crippen LogP contribution in [0, 0.1) is 11.8 Å². The van der Waals surface area contributed by atoms with Crippen LogP contribution in [0.25, 0.3) is 0 Å². The van der Waals surface area contributed by atoms with Crippen molar-refractivity contribution in [1.82, 2.24) is 4.98 Å². The average molecular weight is 250 g/mol. The molecule has 0 aromatic carbocycles. The van der Waals surface area contributed by atoms with E-state index in [1.54, 1.807) is 12.3 Å². The van der Waals surface area contributed by atoms with Gasteiger partial charge in [0.05, 0.1) is 5.69 Å². The lowest BCUT2D eigenvalue weighted by molar-refractivity contribution is 0.0697. The Morgan fingerprint density at radius 3 is 2.94 bits per heavy atom. The first kappa shape index (κ1) is 12.8. The van der Waals surface area contributed by atoms with Crippen molar-refractivity contribution in [2.75, 3.05) is 18.5 Å². The summed E-state index contributed by atoms with van der Waals surface area (Å²) < 4.78 is 0. The zero-order valence-electron chi connectivity index (χ0n) is 10.2. The fraction of sp³-hybridized carbons (Fsp3) is 0.538. The number of rotatable bonds is 5. The van der Waals surface area contributed by atoms with E-state index in [2.05, 4.69) is 10.3 Å². The summed E-state index contributed by atoms with van der Waals surface area (Å²) in [6.45, 7) is 0.921. The van der Waals surface area contributed by atoms with Crippen LogP contribution in [0.1, 0.15) is 29.6 Å². The van der Waals surface area contributed by atoms with Gasteiger partial charge in [0.25, 0.3) is 0 Å². The molecule has 2 unspecified atom stereocenters. The predicted molar refractivity (Wildman–Crippen MR) is 67.6 cm³/mol. The van der Waals surface area contributed by atoms with Crippen molar-refractivity contribution in [2.24, 2.45) is 11.8 Å². The van der Waals surface area contributed by atoms with Crippen LogP contribution >= 0.6 is 0 Å². The summed E-state index contributed by atoms with van der Waals surface area (Å²) in [6.07, 6.45) is 6.21. The Bertz CT molecular complexity index is 422. The molecule has 1 aromatic heterocycles. The molecule has 18 heavy (non-hydrogen) atoms. The number of anilines is 1. The molecule has 1 aliphatic rings. The van der Waals surface area contributed by atoms with Crippen LogP contribution < -0.4 is 5.32 Å². The van der Waals surface area contributed by atoms with Gasteiger partial charge >= 0.3 is 5.97 Å². The Morgan fingerprint density at radius 1 is 1.44 bits per heavy atom. The number of hydrogen-bond donors (Lipinski definition) is 3. The topological polar surface area (TPSA) is 82.5 Å². The van der Waals surface area contributed by atoms with E-state index in [1.165, 1.54) is 6.20 Å². The number of aromatic carboxylic acids is 1. The van der Waals surface area contributed by atoms with Crippen molar-refractivity contribution in [1.29, 1.82) is 0 Å². The minimum atomic E-state index is -0.976. The van der Waals surface area contributed by atoms with Crippen molar-refractivity contribution >= 4 is 11.7 Å². The molecular weight excluding hydrogens is 232 g/mol. The fourth-order valence-corrected chi connectivity index (χ4v) is 2.58. The maximum atomic E-state index is 11.0. The molecule has 5 heteroatoms. The number of hydrogen-bond acceptors (Lipinski definition) is 4. The van der Waals surface area contributed by atoms with Gasteiger partial charge < -0.3 is 15.5 Å². The standard InChI is InChI=1S/C13H18N2O3/c16-8-10-3-1-2-9(10)6-15-12-4-5-14-7-11(12)13(17)18/h4-5,7,9-10,16H,1-3,6,8H2,(H,14,15)(H,17,18). The van der Waals surface area contributed by atoms with E-state index >= 15 is 0 Å². The molecule has 2 atom stereocenters. The number of nitrogens with one attached hydrogen (secondary N) is 1. The van der Waals surface area contributed by atoms with Gasteiger partial charge in [-0.15, -0.1) is 0 Å².